The summed E-state index contributed by atoms with van der Waals surface area (Å²) < 4.78 is 12.4. The van der Waals surface area contributed by atoms with E-state index < -0.39 is 5.60 Å². The average molecular weight is 408 g/mol. The SMILES string of the molecule is O=C1N2C(CC[C@H]2c2cnccn2)OC12CC(OCc1csc3ncccc13)C2. The molecule has 0 N–H and O–H groups in total. The molecule has 5 heterocycles. The summed E-state index contributed by atoms with van der Waals surface area (Å²) >= 11 is 1.63. The molecule has 3 aromatic rings. The van der Waals surface area contributed by atoms with Gasteiger partial charge in [0.25, 0.3) is 5.91 Å². The lowest BCUT2D eigenvalue weighted by Gasteiger charge is -2.42. The number of rotatable bonds is 4. The lowest BCUT2D eigenvalue weighted by molar-refractivity contribution is -0.177. The van der Waals surface area contributed by atoms with Crippen LogP contribution in [0.3, 0.4) is 0 Å². The Bertz CT molecular complexity index is 1070. The van der Waals surface area contributed by atoms with E-state index in [1.807, 2.05) is 17.2 Å². The number of carbonyl (C=O) groups is 1. The normalized spacial score (nSPS) is 30.8. The van der Waals surface area contributed by atoms with Gasteiger partial charge in [-0.25, -0.2) is 4.98 Å². The van der Waals surface area contributed by atoms with Crippen molar-refractivity contribution in [1.82, 2.24) is 19.9 Å². The monoisotopic (exact) mass is 408 g/mol. The quantitative estimate of drug-likeness (QED) is 0.660. The summed E-state index contributed by atoms with van der Waals surface area (Å²) in [5.74, 6) is 0.0840. The Morgan fingerprint density at radius 1 is 1.24 bits per heavy atom. The van der Waals surface area contributed by atoms with Crippen LogP contribution in [0.25, 0.3) is 10.2 Å². The summed E-state index contributed by atoms with van der Waals surface area (Å²) in [6.07, 6.45) is 9.72. The second-order valence-electron chi connectivity index (χ2n) is 7.96. The Labute approximate surface area is 171 Å². The molecule has 3 aliphatic rings. The largest absolute Gasteiger partial charge is 0.373 e. The van der Waals surface area contributed by atoms with Gasteiger partial charge in [-0.1, -0.05) is 6.07 Å². The number of hydrogen-bond donors (Lipinski definition) is 0. The Balaban J connectivity index is 1.12. The van der Waals surface area contributed by atoms with Crippen LogP contribution in [0.15, 0.2) is 42.3 Å². The Kier molecular flexibility index (Phi) is 3.94. The highest BCUT2D eigenvalue weighted by Crippen LogP contribution is 2.51. The molecule has 1 saturated carbocycles. The molecule has 1 spiro atoms. The molecule has 2 aliphatic heterocycles. The van der Waals surface area contributed by atoms with E-state index in [-0.39, 0.29) is 24.3 Å². The van der Waals surface area contributed by atoms with Crippen LogP contribution in [0.4, 0.5) is 0 Å². The van der Waals surface area contributed by atoms with Crippen LogP contribution in [0.5, 0.6) is 0 Å². The molecule has 1 aliphatic carbocycles. The molecule has 0 bridgehead atoms. The third-order valence-corrected chi connectivity index (χ3v) is 7.21. The number of pyridine rings is 1. The average Bonchev–Trinajstić information content (AvgIpc) is 3.40. The third kappa shape index (κ3) is 2.70. The lowest BCUT2D eigenvalue weighted by atomic mass is 9.76. The third-order valence-electron chi connectivity index (χ3n) is 6.26. The van der Waals surface area contributed by atoms with Crippen molar-refractivity contribution in [2.75, 3.05) is 0 Å². The first kappa shape index (κ1) is 17.4. The minimum Gasteiger partial charge on any atom is -0.373 e. The smallest absolute Gasteiger partial charge is 0.257 e. The molecule has 2 atom stereocenters. The van der Waals surface area contributed by atoms with Gasteiger partial charge in [0.2, 0.25) is 0 Å². The zero-order valence-electron chi connectivity index (χ0n) is 15.7. The van der Waals surface area contributed by atoms with E-state index in [0.29, 0.717) is 19.4 Å². The Morgan fingerprint density at radius 3 is 3.03 bits per heavy atom. The predicted octanol–water partition coefficient (Wildman–Crippen LogP) is 3.22. The van der Waals surface area contributed by atoms with Crippen molar-refractivity contribution in [3.8, 4) is 0 Å². The van der Waals surface area contributed by atoms with E-state index in [0.717, 1.165) is 34.3 Å². The lowest BCUT2D eigenvalue weighted by Crippen LogP contribution is -2.54. The zero-order chi connectivity index (χ0) is 19.4. The number of aromatic nitrogens is 3. The van der Waals surface area contributed by atoms with Gasteiger partial charge in [0.15, 0.2) is 5.60 Å². The summed E-state index contributed by atoms with van der Waals surface area (Å²) in [7, 11) is 0. The van der Waals surface area contributed by atoms with Crippen LogP contribution < -0.4 is 0 Å². The summed E-state index contributed by atoms with van der Waals surface area (Å²) in [6.45, 7) is 0.538. The van der Waals surface area contributed by atoms with E-state index >= 15 is 0 Å². The van der Waals surface area contributed by atoms with E-state index in [9.17, 15) is 4.79 Å². The van der Waals surface area contributed by atoms with Crippen molar-refractivity contribution < 1.29 is 14.3 Å². The second-order valence-corrected chi connectivity index (χ2v) is 8.82. The number of thiophene rings is 1. The maximum atomic E-state index is 13.2. The summed E-state index contributed by atoms with van der Waals surface area (Å²) in [4.78, 5) is 29.1. The van der Waals surface area contributed by atoms with E-state index in [1.165, 1.54) is 0 Å². The molecule has 8 heteroatoms. The first-order chi connectivity index (χ1) is 14.2. The molecule has 1 amide bonds. The standard InChI is InChI=1S/C21H20N4O3S/c26-20-21(28-18-4-3-17(25(18)20)16-10-22-6-7-23-16)8-14(9-21)27-11-13-12-29-19-15(13)2-1-5-24-19/h1-2,5-7,10,12,14,17-18H,3-4,8-9,11H2/t14?,17-,18?,21?/m0/s1. The van der Waals surface area contributed by atoms with Crippen LogP contribution in [0.1, 0.15) is 43.0 Å². The molecule has 7 nitrogen and oxygen atoms in total. The van der Waals surface area contributed by atoms with Gasteiger partial charge in [0.1, 0.15) is 11.1 Å². The highest BCUT2D eigenvalue weighted by Gasteiger charge is 2.63. The minimum atomic E-state index is -0.714. The number of carbonyl (C=O) groups excluding carboxylic acids is 1. The second kappa shape index (κ2) is 6.55. The van der Waals surface area contributed by atoms with Crippen LogP contribution in [-0.2, 0) is 20.9 Å². The van der Waals surface area contributed by atoms with Crippen LogP contribution >= 0.6 is 11.3 Å². The first-order valence-corrected chi connectivity index (χ1v) is 10.8. The van der Waals surface area contributed by atoms with Gasteiger partial charge in [0, 0.05) is 36.8 Å². The summed E-state index contributed by atoms with van der Waals surface area (Å²) in [6, 6.07) is 3.98. The molecule has 3 fully saturated rings. The van der Waals surface area contributed by atoms with Gasteiger partial charge in [0.05, 0.1) is 30.6 Å². The summed E-state index contributed by atoms with van der Waals surface area (Å²) in [5.41, 5.74) is 1.28. The van der Waals surface area contributed by atoms with Crippen molar-refractivity contribution in [3.05, 3.63) is 53.6 Å². The van der Waals surface area contributed by atoms with E-state index in [4.69, 9.17) is 9.47 Å². The number of fused-ring (bicyclic) bond motifs is 2. The van der Waals surface area contributed by atoms with Crippen molar-refractivity contribution in [3.63, 3.8) is 0 Å². The van der Waals surface area contributed by atoms with Crippen LogP contribution in [0.2, 0.25) is 0 Å². The molecule has 2 saturated heterocycles. The highest BCUT2D eigenvalue weighted by molar-refractivity contribution is 7.16. The molecular weight excluding hydrogens is 388 g/mol. The minimum absolute atomic E-state index is 0.0368. The predicted molar refractivity (Wildman–Crippen MR) is 106 cm³/mol. The van der Waals surface area contributed by atoms with Crippen molar-refractivity contribution in [2.45, 2.75) is 56.3 Å². The first-order valence-electron chi connectivity index (χ1n) is 9.93. The van der Waals surface area contributed by atoms with Crippen molar-refractivity contribution in [2.24, 2.45) is 0 Å². The van der Waals surface area contributed by atoms with Crippen molar-refractivity contribution >= 4 is 27.5 Å². The Morgan fingerprint density at radius 2 is 2.17 bits per heavy atom. The molecule has 0 aromatic carbocycles. The molecular formula is C21H20N4O3S. The van der Waals surface area contributed by atoms with Gasteiger partial charge in [-0.3, -0.25) is 14.8 Å². The summed E-state index contributed by atoms with van der Waals surface area (Å²) in [5, 5.41) is 3.25. The van der Waals surface area contributed by atoms with Gasteiger partial charge in [-0.05, 0) is 29.9 Å². The molecule has 0 radical (unpaired) electrons. The molecule has 29 heavy (non-hydrogen) atoms. The van der Waals surface area contributed by atoms with E-state index in [2.05, 4.69) is 26.4 Å². The molecule has 1 unspecified atom stereocenters. The topological polar surface area (TPSA) is 77.4 Å². The van der Waals surface area contributed by atoms with Crippen LogP contribution in [0, 0.1) is 0 Å². The van der Waals surface area contributed by atoms with Crippen LogP contribution in [-0.4, -0.2) is 43.7 Å². The van der Waals surface area contributed by atoms with E-state index in [1.54, 1.807) is 29.9 Å². The fourth-order valence-corrected chi connectivity index (χ4v) is 5.69. The maximum Gasteiger partial charge on any atom is 0.257 e. The van der Waals surface area contributed by atoms with Gasteiger partial charge < -0.3 is 14.4 Å². The van der Waals surface area contributed by atoms with Gasteiger partial charge in [-0.15, -0.1) is 11.3 Å². The fraction of sp³-hybridized carbons (Fsp3) is 0.429. The van der Waals surface area contributed by atoms with Gasteiger partial charge in [-0.2, -0.15) is 0 Å². The highest BCUT2D eigenvalue weighted by atomic mass is 32.1. The molecule has 148 valence electrons. The fourth-order valence-electron chi connectivity index (χ4n) is 4.79. The number of nitrogens with zero attached hydrogens (tertiary/aromatic N) is 4. The van der Waals surface area contributed by atoms with Gasteiger partial charge >= 0.3 is 0 Å². The Hall–Kier alpha value is -2.42. The molecule has 6 rings (SSSR count). The maximum absolute atomic E-state index is 13.2. The van der Waals surface area contributed by atoms with Crippen molar-refractivity contribution in [1.29, 1.82) is 0 Å². The number of amides is 1. The molecule has 3 aromatic heterocycles. The zero-order valence-corrected chi connectivity index (χ0v) is 16.5. The number of ether oxygens (including phenoxy) is 2. The number of hydrogen-bond acceptors (Lipinski definition) is 7.